The summed E-state index contributed by atoms with van der Waals surface area (Å²) in [6, 6.07) is 14.5. The van der Waals surface area contributed by atoms with Crippen LogP contribution in [0.2, 0.25) is 0 Å². The molecule has 0 aromatic heterocycles. The lowest BCUT2D eigenvalue weighted by Gasteiger charge is -2.32. The number of amides is 1. The lowest BCUT2D eigenvalue weighted by atomic mass is 9.93. The summed E-state index contributed by atoms with van der Waals surface area (Å²) in [4.78, 5) is 21.6. The second kappa shape index (κ2) is 9.76. The van der Waals surface area contributed by atoms with E-state index in [4.69, 9.17) is 10.5 Å². The lowest BCUT2D eigenvalue weighted by molar-refractivity contribution is 0.0846. The lowest BCUT2D eigenvalue weighted by Crippen LogP contribution is -2.32. The van der Waals surface area contributed by atoms with Gasteiger partial charge in [-0.15, -0.1) is 0 Å². The third-order valence-electron chi connectivity index (χ3n) is 3.91. The fraction of sp³-hybridized carbons (Fsp3) is 0.364. The van der Waals surface area contributed by atoms with Crippen molar-refractivity contribution < 1.29 is 14.3 Å². The molecule has 1 aliphatic rings. The molecule has 0 bridgehead atoms. The van der Waals surface area contributed by atoms with Crippen molar-refractivity contribution in [3.05, 3.63) is 65.2 Å². The number of hydrogen-bond acceptors (Lipinski definition) is 3. The van der Waals surface area contributed by atoms with Gasteiger partial charge in [-0.3, -0.25) is 9.59 Å². The molecular weight excluding hydrogens is 326 g/mol. The first kappa shape index (κ1) is 21.4. The third kappa shape index (κ3) is 6.36. The van der Waals surface area contributed by atoms with Gasteiger partial charge in [-0.2, -0.15) is 0 Å². The summed E-state index contributed by atoms with van der Waals surface area (Å²) in [6.07, 6.45) is 1.99. The maximum absolute atomic E-state index is 11.2. The highest BCUT2D eigenvalue weighted by Crippen LogP contribution is 2.33. The highest BCUT2D eigenvalue weighted by molar-refractivity contribution is 5.94. The number of benzene rings is 2. The molecule has 0 spiro atoms. The minimum Gasteiger partial charge on any atom is -0.488 e. The van der Waals surface area contributed by atoms with Crippen molar-refractivity contribution in [1.82, 2.24) is 0 Å². The van der Waals surface area contributed by atoms with Crippen molar-refractivity contribution >= 4 is 11.7 Å². The van der Waals surface area contributed by atoms with Gasteiger partial charge in [0.15, 0.2) is 5.78 Å². The molecule has 1 aliphatic heterocycles. The quantitative estimate of drug-likeness (QED) is 0.786. The normalized spacial score (nSPS) is 13.6. The summed E-state index contributed by atoms with van der Waals surface area (Å²) in [7, 11) is 0. The molecular formula is C22H29NO3. The minimum absolute atomic E-state index is 0.0786. The van der Waals surface area contributed by atoms with Crippen LogP contribution in [0.4, 0.5) is 0 Å². The van der Waals surface area contributed by atoms with E-state index < -0.39 is 0 Å². The van der Waals surface area contributed by atoms with Crippen LogP contribution in [-0.4, -0.2) is 17.3 Å². The molecule has 2 aromatic carbocycles. The van der Waals surface area contributed by atoms with Gasteiger partial charge in [-0.25, -0.2) is 0 Å². The molecule has 2 aromatic rings. The molecule has 0 saturated heterocycles. The molecule has 1 heterocycles. The van der Waals surface area contributed by atoms with E-state index in [0.29, 0.717) is 5.56 Å². The van der Waals surface area contributed by atoms with Crippen molar-refractivity contribution in [3.8, 4) is 5.75 Å². The summed E-state index contributed by atoms with van der Waals surface area (Å²) in [5, 5.41) is 0. The summed E-state index contributed by atoms with van der Waals surface area (Å²) in [6.45, 7) is 9.78. The first-order valence-electron chi connectivity index (χ1n) is 8.96. The van der Waals surface area contributed by atoms with E-state index in [1.807, 2.05) is 38.1 Å². The number of aryl methyl sites for hydroxylation is 1. The van der Waals surface area contributed by atoms with E-state index in [0.717, 1.165) is 29.7 Å². The van der Waals surface area contributed by atoms with Crippen LogP contribution in [0.25, 0.3) is 0 Å². The van der Waals surface area contributed by atoms with Crippen LogP contribution in [-0.2, 0) is 6.42 Å². The molecule has 0 radical (unpaired) electrons. The summed E-state index contributed by atoms with van der Waals surface area (Å²) in [5.74, 6) is 0.662. The fourth-order valence-corrected chi connectivity index (χ4v) is 2.48. The smallest absolute Gasteiger partial charge is 0.248 e. The van der Waals surface area contributed by atoms with Gasteiger partial charge in [-0.05, 0) is 69.5 Å². The van der Waals surface area contributed by atoms with Crippen molar-refractivity contribution in [1.29, 1.82) is 0 Å². The molecule has 0 atom stereocenters. The Labute approximate surface area is 156 Å². The van der Waals surface area contributed by atoms with Crippen LogP contribution in [0.5, 0.6) is 5.75 Å². The van der Waals surface area contributed by atoms with Gasteiger partial charge in [0.1, 0.15) is 11.4 Å². The highest BCUT2D eigenvalue weighted by atomic mass is 16.5. The molecule has 0 unspecified atom stereocenters. The number of hydrogen-bond donors (Lipinski definition) is 1. The SMILES string of the molecule is CC.CC(=O)c1ccc2c(c1)CCC(C)(C)O2.NC(=O)c1ccccc1. The fourth-order valence-electron chi connectivity index (χ4n) is 2.48. The predicted octanol–water partition coefficient (Wildman–Crippen LogP) is 4.80. The van der Waals surface area contributed by atoms with E-state index in [1.54, 1.807) is 31.2 Å². The van der Waals surface area contributed by atoms with Gasteiger partial charge in [0.2, 0.25) is 5.91 Å². The second-order valence-corrected chi connectivity index (χ2v) is 6.47. The first-order chi connectivity index (χ1) is 12.3. The molecule has 26 heavy (non-hydrogen) atoms. The number of primary amides is 1. The predicted molar refractivity (Wildman–Crippen MR) is 106 cm³/mol. The van der Waals surface area contributed by atoms with Crippen molar-refractivity contribution in [2.45, 2.75) is 53.1 Å². The molecule has 4 nitrogen and oxygen atoms in total. The van der Waals surface area contributed by atoms with Gasteiger partial charge < -0.3 is 10.5 Å². The molecule has 2 N–H and O–H groups in total. The molecule has 140 valence electrons. The van der Waals surface area contributed by atoms with Crippen LogP contribution < -0.4 is 10.5 Å². The number of nitrogens with two attached hydrogens (primary N) is 1. The van der Waals surface area contributed by atoms with Crippen molar-refractivity contribution in [2.75, 3.05) is 0 Å². The van der Waals surface area contributed by atoms with E-state index in [1.165, 1.54) is 0 Å². The number of Topliss-reactive ketones (excluding diaryl/α,β-unsaturated/α-hetero) is 1. The average Bonchev–Trinajstić information content (AvgIpc) is 2.63. The van der Waals surface area contributed by atoms with Crippen LogP contribution >= 0.6 is 0 Å². The van der Waals surface area contributed by atoms with Gasteiger partial charge in [0.05, 0.1) is 0 Å². The molecule has 4 heteroatoms. The van der Waals surface area contributed by atoms with Crippen molar-refractivity contribution in [2.24, 2.45) is 5.73 Å². The van der Waals surface area contributed by atoms with Gasteiger partial charge in [0.25, 0.3) is 0 Å². The molecule has 0 saturated carbocycles. The van der Waals surface area contributed by atoms with Crippen LogP contribution in [0, 0.1) is 0 Å². The standard InChI is InChI=1S/C13H16O2.C7H7NO.C2H6/c1-9(14)10-4-5-12-11(8-10)6-7-13(2,3)15-12;8-7(9)6-4-2-1-3-5-6;1-2/h4-5,8H,6-7H2,1-3H3;1-5H,(H2,8,9);1-2H3. The maximum Gasteiger partial charge on any atom is 0.248 e. The zero-order valence-corrected chi connectivity index (χ0v) is 16.3. The van der Waals surface area contributed by atoms with Crippen LogP contribution in [0.1, 0.15) is 67.3 Å². The third-order valence-corrected chi connectivity index (χ3v) is 3.91. The zero-order valence-electron chi connectivity index (χ0n) is 16.3. The summed E-state index contributed by atoms with van der Waals surface area (Å²) in [5.41, 5.74) is 7.38. The Morgan fingerprint density at radius 2 is 1.62 bits per heavy atom. The molecule has 3 rings (SSSR count). The number of ketones is 1. The Morgan fingerprint density at radius 1 is 1.00 bits per heavy atom. The van der Waals surface area contributed by atoms with E-state index in [2.05, 4.69) is 13.8 Å². The first-order valence-corrected chi connectivity index (χ1v) is 8.96. The van der Waals surface area contributed by atoms with Gasteiger partial charge >= 0.3 is 0 Å². The summed E-state index contributed by atoms with van der Waals surface area (Å²) >= 11 is 0. The molecule has 0 fully saturated rings. The highest BCUT2D eigenvalue weighted by Gasteiger charge is 2.26. The number of carbonyl (C=O) groups excluding carboxylic acids is 2. The van der Waals surface area contributed by atoms with E-state index >= 15 is 0 Å². The Balaban J connectivity index is 0.000000263. The van der Waals surface area contributed by atoms with Crippen LogP contribution in [0.15, 0.2) is 48.5 Å². The molecule has 1 amide bonds. The zero-order chi connectivity index (χ0) is 19.7. The second-order valence-electron chi connectivity index (χ2n) is 6.47. The monoisotopic (exact) mass is 355 g/mol. The van der Waals surface area contributed by atoms with Crippen molar-refractivity contribution in [3.63, 3.8) is 0 Å². The van der Waals surface area contributed by atoms with E-state index in [-0.39, 0.29) is 17.3 Å². The molecule has 0 aliphatic carbocycles. The largest absolute Gasteiger partial charge is 0.488 e. The Morgan fingerprint density at radius 3 is 2.12 bits per heavy atom. The average molecular weight is 355 g/mol. The number of rotatable bonds is 2. The van der Waals surface area contributed by atoms with Gasteiger partial charge in [-0.1, -0.05) is 32.0 Å². The maximum atomic E-state index is 11.2. The number of fused-ring (bicyclic) bond motifs is 1. The van der Waals surface area contributed by atoms with E-state index in [9.17, 15) is 9.59 Å². The Kier molecular flexibility index (Phi) is 8.04. The van der Waals surface area contributed by atoms with Crippen LogP contribution in [0.3, 0.4) is 0 Å². The van der Waals surface area contributed by atoms with Gasteiger partial charge in [0, 0.05) is 11.1 Å². The topological polar surface area (TPSA) is 69.4 Å². The number of carbonyl (C=O) groups is 2. The Bertz CT molecular complexity index is 736. The minimum atomic E-state index is -0.379. The number of ether oxygens (including phenoxy) is 1. The Hall–Kier alpha value is -2.62. The summed E-state index contributed by atoms with van der Waals surface area (Å²) < 4.78 is 5.84.